The molecule has 0 aromatic carbocycles. The average Bonchev–Trinajstić information content (AvgIpc) is 1.88. The lowest BCUT2D eigenvalue weighted by Gasteiger charge is -2.00. The van der Waals surface area contributed by atoms with Gasteiger partial charge in [-0.3, -0.25) is 4.79 Å². The Kier molecular flexibility index (Phi) is 4.96. The second kappa shape index (κ2) is 4.90. The van der Waals surface area contributed by atoms with E-state index < -0.39 is 14.7 Å². The molecule has 0 aromatic heterocycles. The summed E-state index contributed by atoms with van der Waals surface area (Å²) in [6.45, 7) is 0. The molecule has 0 heterocycles. The quantitative estimate of drug-likeness (QED) is 0.492. The Hall–Kier alpha value is 0.130. The summed E-state index contributed by atoms with van der Waals surface area (Å²) < 4.78 is -0.531. The molecule has 11 heavy (non-hydrogen) atoms. The third-order valence-electron chi connectivity index (χ3n) is 0.803. The number of carbonyl (C=O) groups excluding carboxylic acids is 1. The number of halogens is 3. The van der Waals surface area contributed by atoms with Gasteiger partial charge in [0, 0.05) is 5.57 Å². The van der Waals surface area contributed by atoms with Crippen LogP contribution in [0.5, 0.6) is 0 Å². The first-order valence-electron chi connectivity index (χ1n) is 2.37. The summed E-state index contributed by atoms with van der Waals surface area (Å²) in [5.74, 6) is -1.32. The predicted molar refractivity (Wildman–Crippen MR) is 48.2 cm³/mol. The highest BCUT2D eigenvalue weighted by Crippen LogP contribution is 2.22. The standard InChI is InChI=1S/C5H3Br2ClO3/c6-4(7)2(1-9)3(8)5(10)11/h1,4H,(H,10,11)/b3-2+. The minimum absolute atomic E-state index is 0.0424. The molecule has 0 rings (SSSR count). The lowest BCUT2D eigenvalue weighted by molar-refractivity contribution is -0.132. The van der Waals surface area contributed by atoms with Gasteiger partial charge >= 0.3 is 5.97 Å². The van der Waals surface area contributed by atoms with E-state index in [1.165, 1.54) is 0 Å². The fourth-order valence-electron chi connectivity index (χ4n) is 0.322. The van der Waals surface area contributed by atoms with Crippen molar-refractivity contribution in [2.45, 2.75) is 3.74 Å². The van der Waals surface area contributed by atoms with Gasteiger partial charge in [-0.15, -0.1) is 0 Å². The number of carbonyl (C=O) groups is 2. The van der Waals surface area contributed by atoms with Gasteiger partial charge in [-0.05, 0) is 0 Å². The average molecular weight is 306 g/mol. The van der Waals surface area contributed by atoms with Gasteiger partial charge in [0.15, 0.2) is 0 Å². The number of aldehydes is 1. The summed E-state index contributed by atoms with van der Waals surface area (Å²) in [7, 11) is 0. The van der Waals surface area contributed by atoms with Crippen LogP contribution in [-0.4, -0.2) is 21.1 Å². The molecule has 0 amide bonds. The molecule has 1 N–H and O–H groups in total. The molecule has 0 radical (unpaired) electrons. The summed E-state index contributed by atoms with van der Waals surface area (Å²) in [5, 5.41) is 7.85. The fraction of sp³-hybridized carbons (Fsp3) is 0.200. The number of alkyl halides is 2. The molecule has 0 aliphatic rings. The summed E-state index contributed by atoms with van der Waals surface area (Å²) in [6.07, 6.45) is 0.380. The molecule has 0 spiro atoms. The van der Waals surface area contributed by atoms with Crippen molar-refractivity contribution in [2.75, 3.05) is 0 Å². The van der Waals surface area contributed by atoms with E-state index in [4.69, 9.17) is 16.7 Å². The van der Waals surface area contributed by atoms with Crippen molar-refractivity contribution in [2.24, 2.45) is 0 Å². The maximum atomic E-state index is 10.2. The van der Waals surface area contributed by atoms with Crippen LogP contribution in [-0.2, 0) is 9.59 Å². The minimum Gasteiger partial charge on any atom is -0.477 e. The maximum absolute atomic E-state index is 10.2. The van der Waals surface area contributed by atoms with Crippen LogP contribution in [0.25, 0.3) is 0 Å². The smallest absolute Gasteiger partial charge is 0.347 e. The molecule has 0 aliphatic carbocycles. The first kappa shape index (κ1) is 11.1. The zero-order valence-electron chi connectivity index (χ0n) is 5.05. The molecule has 6 heteroatoms. The maximum Gasteiger partial charge on any atom is 0.347 e. The molecule has 3 nitrogen and oxygen atoms in total. The highest BCUT2D eigenvalue weighted by Gasteiger charge is 2.15. The van der Waals surface area contributed by atoms with Crippen LogP contribution >= 0.6 is 43.5 Å². The van der Waals surface area contributed by atoms with Crippen LogP contribution in [0.3, 0.4) is 0 Å². The van der Waals surface area contributed by atoms with E-state index in [1.54, 1.807) is 0 Å². The summed E-state index contributed by atoms with van der Waals surface area (Å²) in [6, 6.07) is 0. The van der Waals surface area contributed by atoms with Gasteiger partial charge in [-0.25, -0.2) is 4.79 Å². The monoisotopic (exact) mass is 304 g/mol. The summed E-state index contributed by atoms with van der Waals surface area (Å²) in [5.41, 5.74) is -0.0424. The summed E-state index contributed by atoms with van der Waals surface area (Å²) in [4.78, 5) is 20.4. The van der Waals surface area contributed by atoms with Crippen LogP contribution in [0, 0.1) is 0 Å². The Balaban J connectivity index is 4.83. The number of aliphatic carboxylic acids is 1. The number of carboxylic acids is 1. The van der Waals surface area contributed by atoms with Gasteiger partial charge in [0.05, 0.1) is 3.74 Å². The third kappa shape index (κ3) is 3.35. The molecule has 0 fully saturated rings. The lowest BCUT2D eigenvalue weighted by atomic mass is 10.3. The third-order valence-corrected chi connectivity index (χ3v) is 2.17. The molecule has 0 atom stereocenters. The van der Waals surface area contributed by atoms with Crippen molar-refractivity contribution in [3.63, 3.8) is 0 Å². The Morgan fingerprint density at radius 3 is 2.09 bits per heavy atom. The molecule has 0 saturated heterocycles. The Morgan fingerprint density at radius 2 is 2.00 bits per heavy atom. The van der Waals surface area contributed by atoms with Gasteiger partial charge < -0.3 is 5.11 Å². The Morgan fingerprint density at radius 1 is 1.55 bits per heavy atom. The number of hydrogen-bond donors (Lipinski definition) is 1. The van der Waals surface area contributed by atoms with Crippen molar-refractivity contribution >= 4 is 55.7 Å². The number of hydrogen-bond acceptors (Lipinski definition) is 2. The van der Waals surface area contributed by atoms with Crippen molar-refractivity contribution in [1.29, 1.82) is 0 Å². The molecule has 62 valence electrons. The van der Waals surface area contributed by atoms with Crippen molar-refractivity contribution in [1.82, 2.24) is 0 Å². The number of rotatable bonds is 3. The van der Waals surface area contributed by atoms with Gasteiger partial charge in [0.25, 0.3) is 0 Å². The number of allylic oxidation sites excluding steroid dienone is 1. The van der Waals surface area contributed by atoms with E-state index in [1.807, 2.05) is 0 Å². The van der Waals surface area contributed by atoms with Gasteiger partial charge in [-0.2, -0.15) is 0 Å². The SMILES string of the molecule is O=C/C(=C(\Cl)C(=O)O)C(Br)Br. The molecule has 0 unspecified atom stereocenters. The van der Waals surface area contributed by atoms with Crippen LogP contribution in [0.15, 0.2) is 10.6 Å². The van der Waals surface area contributed by atoms with Crippen molar-refractivity contribution in [3.8, 4) is 0 Å². The van der Waals surface area contributed by atoms with Gasteiger partial charge in [0.1, 0.15) is 11.3 Å². The molecular weight excluding hydrogens is 303 g/mol. The zero-order chi connectivity index (χ0) is 9.02. The Labute approximate surface area is 84.7 Å². The number of carboxylic acid groups (broad SMARTS) is 1. The summed E-state index contributed by atoms with van der Waals surface area (Å²) >= 11 is 11.2. The lowest BCUT2D eigenvalue weighted by Crippen LogP contribution is -2.04. The molecule has 0 bridgehead atoms. The largest absolute Gasteiger partial charge is 0.477 e. The first-order chi connectivity index (χ1) is 5.00. The second-order valence-corrected chi connectivity index (χ2v) is 4.93. The first-order valence-corrected chi connectivity index (χ1v) is 4.58. The topological polar surface area (TPSA) is 54.4 Å². The van der Waals surface area contributed by atoms with E-state index in [9.17, 15) is 9.59 Å². The second-order valence-electron chi connectivity index (χ2n) is 1.49. The van der Waals surface area contributed by atoms with Crippen LogP contribution in [0.2, 0.25) is 0 Å². The van der Waals surface area contributed by atoms with Crippen LogP contribution < -0.4 is 0 Å². The highest BCUT2D eigenvalue weighted by atomic mass is 79.9. The Bertz CT molecular complexity index is 212. The van der Waals surface area contributed by atoms with E-state index in [-0.39, 0.29) is 5.57 Å². The molecule has 0 saturated carbocycles. The molecule has 0 aliphatic heterocycles. The minimum atomic E-state index is -1.32. The fourth-order valence-corrected chi connectivity index (χ4v) is 1.41. The zero-order valence-corrected chi connectivity index (χ0v) is 8.98. The normalized spacial score (nSPS) is 12.7. The molecular formula is C5H3Br2ClO3. The van der Waals surface area contributed by atoms with Gasteiger partial charge in [0.2, 0.25) is 0 Å². The van der Waals surface area contributed by atoms with Crippen molar-refractivity contribution in [3.05, 3.63) is 10.6 Å². The van der Waals surface area contributed by atoms with E-state index >= 15 is 0 Å². The van der Waals surface area contributed by atoms with Crippen LogP contribution in [0.1, 0.15) is 0 Å². The highest BCUT2D eigenvalue weighted by molar-refractivity contribution is 9.24. The van der Waals surface area contributed by atoms with E-state index in [0.29, 0.717) is 6.29 Å². The van der Waals surface area contributed by atoms with Crippen LogP contribution in [0.4, 0.5) is 0 Å². The van der Waals surface area contributed by atoms with Gasteiger partial charge in [-0.1, -0.05) is 43.5 Å². The predicted octanol–water partition coefficient (Wildman–Crippen LogP) is 1.88. The van der Waals surface area contributed by atoms with E-state index in [0.717, 1.165) is 0 Å². The molecule has 0 aromatic rings. The van der Waals surface area contributed by atoms with Crippen molar-refractivity contribution < 1.29 is 14.7 Å². The van der Waals surface area contributed by atoms with E-state index in [2.05, 4.69) is 31.9 Å².